The quantitative estimate of drug-likeness (QED) is 0.915. The Bertz CT molecular complexity index is 735. The number of hydrogen-bond acceptors (Lipinski definition) is 5. The van der Waals surface area contributed by atoms with Gasteiger partial charge in [0.2, 0.25) is 5.95 Å². The van der Waals surface area contributed by atoms with E-state index in [-0.39, 0.29) is 6.04 Å². The zero-order chi connectivity index (χ0) is 14.8. The molecule has 1 saturated carbocycles. The van der Waals surface area contributed by atoms with Crippen molar-refractivity contribution in [2.75, 3.05) is 5.32 Å². The van der Waals surface area contributed by atoms with Gasteiger partial charge in [0, 0.05) is 30.5 Å². The Kier molecular flexibility index (Phi) is 3.53. The maximum absolute atomic E-state index is 11.4. The van der Waals surface area contributed by atoms with Crippen molar-refractivity contribution in [3.8, 4) is 6.07 Å². The van der Waals surface area contributed by atoms with Crippen LogP contribution in [0.15, 0.2) is 24.4 Å². The van der Waals surface area contributed by atoms with E-state index in [1.165, 1.54) is 0 Å². The predicted molar refractivity (Wildman–Crippen MR) is 79.7 cm³/mol. The highest BCUT2D eigenvalue weighted by molar-refractivity contribution is 5.81. The molecule has 2 aromatic rings. The van der Waals surface area contributed by atoms with Gasteiger partial charge >= 0.3 is 0 Å². The number of hydrogen-bond donors (Lipinski definition) is 1. The van der Waals surface area contributed by atoms with Gasteiger partial charge in [0.25, 0.3) is 0 Å². The van der Waals surface area contributed by atoms with Crippen LogP contribution in [0.2, 0.25) is 0 Å². The molecule has 3 rings (SSSR count). The summed E-state index contributed by atoms with van der Waals surface area (Å²) in [6, 6.07) is 7.70. The molecule has 2 atom stereocenters. The topological polar surface area (TPSA) is 78.7 Å². The average Bonchev–Trinajstić information content (AvgIpc) is 2.49. The van der Waals surface area contributed by atoms with Crippen molar-refractivity contribution in [2.45, 2.75) is 32.2 Å². The molecule has 1 heterocycles. The molecule has 0 spiro atoms. The van der Waals surface area contributed by atoms with E-state index >= 15 is 0 Å². The Labute approximate surface area is 123 Å². The first-order valence-electron chi connectivity index (χ1n) is 7.11. The van der Waals surface area contributed by atoms with Crippen molar-refractivity contribution >= 4 is 22.6 Å². The molecule has 1 aromatic heterocycles. The van der Waals surface area contributed by atoms with E-state index in [2.05, 4.69) is 28.3 Å². The fourth-order valence-electron chi connectivity index (χ4n) is 2.76. The van der Waals surface area contributed by atoms with Crippen LogP contribution in [0.4, 0.5) is 5.95 Å². The molecule has 0 aliphatic heterocycles. The minimum atomic E-state index is 0.235. The van der Waals surface area contributed by atoms with Gasteiger partial charge in [-0.1, -0.05) is 6.92 Å². The Morgan fingerprint density at radius 1 is 1.43 bits per heavy atom. The minimum Gasteiger partial charge on any atom is -0.351 e. The van der Waals surface area contributed by atoms with Gasteiger partial charge in [-0.25, -0.2) is 9.97 Å². The van der Waals surface area contributed by atoms with Crippen molar-refractivity contribution in [1.82, 2.24) is 9.97 Å². The molecule has 21 heavy (non-hydrogen) atoms. The first-order valence-corrected chi connectivity index (χ1v) is 7.11. The van der Waals surface area contributed by atoms with E-state index in [1.807, 2.05) is 6.07 Å². The highest BCUT2D eigenvalue weighted by Gasteiger charge is 2.26. The van der Waals surface area contributed by atoms with Crippen LogP contribution < -0.4 is 5.32 Å². The summed E-state index contributed by atoms with van der Waals surface area (Å²) in [5, 5.41) is 13.1. The lowest BCUT2D eigenvalue weighted by atomic mass is 9.85. The fraction of sp³-hybridized carbons (Fsp3) is 0.375. The standard InChI is InChI=1S/C16H16N4O/c1-10-6-13(21)3-5-14(10)19-16-18-9-12-7-11(8-17)2-4-15(12)20-16/h2,4,7,9-10,14H,3,5-6H2,1H3,(H,18,19,20). The van der Waals surface area contributed by atoms with Crippen molar-refractivity contribution in [3.63, 3.8) is 0 Å². The molecule has 1 aliphatic rings. The smallest absolute Gasteiger partial charge is 0.223 e. The summed E-state index contributed by atoms with van der Waals surface area (Å²) < 4.78 is 0. The number of carbonyl (C=O) groups is 1. The lowest BCUT2D eigenvalue weighted by Gasteiger charge is -2.28. The fourth-order valence-corrected chi connectivity index (χ4v) is 2.76. The maximum Gasteiger partial charge on any atom is 0.223 e. The molecular formula is C16H16N4O. The Morgan fingerprint density at radius 2 is 2.29 bits per heavy atom. The predicted octanol–water partition coefficient (Wildman–Crippen LogP) is 2.67. The number of fused-ring (bicyclic) bond motifs is 1. The van der Waals surface area contributed by atoms with Crippen LogP contribution in [0.5, 0.6) is 0 Å². The maximum atomic E-state index is 11.4. The molecule has 5 heteroatoms. The van der Waals surface area contributed by atoms with E-state index in [0.717, 1.165) is 17.3 Å². The molecule has 106 valence electrons. The largest absolute Gasteiger partial charge is 0.351 e. The molecule has 0 bridgehead atoms. The zero-order valence-corrected chi connectivity index (χ0v) is 11.8. The van der Waals surface area contributed by atoms with Gasteiger partial charge in [-0.3, -0.25) is 4.79 Å². The number of Topliss-reactive ketones (excluding diaryl/α,β-unsaturated/α-hetero) is 1. The van der Waals surface area contributed by atoms with E-state index < -0.39 is 0 Å². The molecule has 0 radical (unpaired) electrons. The van der Waals surface area contributed by atoms with Gasteiger partial charge in [-0.05, 0) is 30.5 Å². The van der Waals surface area contributed by atoms with Crippen molar-refractivity contribution in [3.05, 3.63) is 30.0 Å². The first kappa shape index (κ1) is 13.5. The van der Waals surface area contributed by atoms with Crippen LogP contribution in [0, 0.1) is 17.2 Å². The van der Waals surface area contributed by atoms with Crippen molar-refractivity contribution in [1.29, 1.82) is 5.26 Å². The van der Waals surface area contributed by atoms with Crippen LogP contribution in [-0.4, -0.2) is 21.8 Å². The summed E-state index contributed by atoms with van der Waals surface area (Å²) >= 11 is 0. The van der Waals surface area contributed by atoms with Gasteiger partial charge < -0.3 is 5.32 Å². The molecule has 1 N–H and O–H groups in total. The van der Waals surface area contributed by atoms with Gasteiger partial charge in [0.05, 0.1) is 17.1 Å². The minimum absolute atomic E-state index is 0.235. The van der Waals surface area contributed by atoms with Crippen LogP contribution in [0.25, 0.3) is 10.9 Å². The molecule has 5 nitrogen and oxygen atoms in total. The van der Waals surface area contributed by atoms with Crippen LogP contribution in [0.3, 0.4) is 0 Å². The highest BCUT2D eigenvalue weighted by atomic mass is 16.1. The summed E-state index contributed by atoms with van der Waals surface area (Å²) in [6.45, 7) is 2.08. The third-order valence-electron chi connectivity index (χ3n) is 3.99. The number of anilines is 1. The Hall–Kier alpha value is -2.48. The average molecular weight is 280 g/mol. The summed E-state index contributed by atoms with van der Waals surface area (Å²) in [5.41, 5.74) is 1.41. The second kappa shape index (κ2) is 5.49. The SMILES string of the molecule is CC1CC(=O)CCC1Nc1ncc2cc(C#N)ccc2n1. The van der Waals surface area contributed by atoms with E-state index in [1.54, 1.807) is 18.3 Å². The number of benzene rings is 1. The third kappa shape index (κ3) is 2.84. The van der Waals surface area contributed by atoms with Crippen LogP contribution >= 0.6 is 0 Å². The second-order valence-corrected chi connectivity index (χ2v) is 5.59. The van der Waals surface area contributed by atoms with Gasteiger partial charge in [0.1, 0.15) is 5.78 Å². The number of nitrogens with one attached hydrogen (secondary N) is 1. The van der Waals surface area contributed by atoms with E-state index in [4.69, 9.17) is 5.26 Å². The first-order chi connectivity index (χ1) is 10.2. The van der Waals surface area contributed by atoms with E-state index in [9.17, 15) is 4.79 Å². The Morgan fingerprint density at radius 3 is 3.05 bits per heavy atom. The van der Waals surface area contributed by atoms with Crippen LogP contribution in [0.1, 0.15) is 31.7 Å². The molecule has 2 unspecified atom stereocenters. The lowest BCUT2D eigenvalue weighted by Crippen LogP contribution is -2.34. The van der Waals surface area contributed by atoms with Gasteiger partial charge in [0.15, 0.2) is 0 Å². The normalized spacial score (nSPS) is 22.0. The van der Waals surface area contributed by atoms with Crippen molar-refractivity contribution in [2.24, 2.45) is 5.92 Å². The monoisotopic (exact) mass is 280 g/mol. The molecular weight excluding hydrogens is 264 g/mol. The number of nitrogens with zero attached hydrogens (tertiary/aromatic N) is 3. The number of ketones is 1. The number of rotatable bonds is 2. The number of nitriles is 1. The molecule has 1 aromatic carbocycles. The highest BCUT2D eigenvalue weighted by Crippen LogP contribution is 2.24. The van der Waals surface area contributed by atoms with Gasteiger partial charge in [-0.2, -0.15) is 5.26 Å². The Balaban J connectivity index is 1.82. The van der Waals surface area contributed by atoms with Crippen molar-refractivity contribution < 1.29 is 4.79 Å². The summed E-state index contributed by atoms with van der Waals surface area (Å²) in [5.74, 6) is 1.22. The number of aromatic nitrogens is 2. The summed E-state index contributed by atoms with van der Waals surface area (Å²) in [6.07, 6.45) is 3.80. The summed E-state index contributed by atoms with van der Waals surface area (Å²) in [4.78, 5) is 20.2. The third-order valence-corrected chi connectivity index (χ3v) is 3.99. The molecule has 0 amide bonds. The van der Waals surface area contributed by atoms with Gasteiger partial charge in [-0.15, -0.1) is 0 Å². The lowest BCUT2D eigenvalue weighted by molar-refractivity contribution is -0.121. The summed E-state index contributed by atoms with van der Waals surface area (Å²) in [7, 11) is 0. The second-order valence-electron chi connectivity index (χ2n) is 5.59. The van der Waals surface area contributed by atoms with E-state index in [0.29, 0.717) is 36.1 Å². The zero-order valence-electron chi connectivity index (χ0n) is 11.8. The number of carbonyl (C=O) groups excluding carboxylic acids is 1. The molecule has 1 fully saturated rings. The molecule has 0 saturated heterocycles. The van der Waals surface area contributed by atoms with Crippen LogP contribution in [-0.2, 0) is 4.79 Å². The molecule has 1 aliphatic carbocycles.